The molecule has 0 spiro atoms. The van der Waals surface area contributed by atoms with E-state index in [-0.39, 0.29) is 11.9 Å². The Morgan fingerprint density at radius 1 is 1.00 bits per heavy atom. The second kappa shape index (κ2) is 9.31. The van der Waals surface area contributed by atoms with Crippen LogP contribution in [0.25, 0.3) is 0 Å². The molecule has 7 heteroatoms. The molecule has 1 fully saturated rings. The standard InChI is InChI=1S/C20H29ClN2O4/c1-20(2,18(24)22-13-9-7-5-6-8-10-13)19(25)23-15-12-16(26-3)14(21)11-17(15)27-4/h11-13H,5-10H2,1-4H3,(H,22,24)(H,23,25). The number of carbonyl (C=O) groups excluding carboxylic acids is 2. The van der Waals surface area contributed by atoms with E-state index < -0.39 is 11.3 Å². The van der Waals surface area contributed by atoms with Crippen molar-refractivity contribution in [1.82, 2.24) is 5.32 Å². The summed E-state index contributed by atoms with van der Waals surface area (Å²) in [5.41, 5.74) is -0.830. The summed E-state index contributed by atoms with van der Waals surface area (Å²) in [5, 5.41) is 6.19. The van der Waals surface area contributed by atoms with Crippen molar-refractivity contribution in [2.75, 3.05) is 19.5 Å². The molecule has 2 rings (SSSR count). The van der Waals surface area contributed by atoms with E-state index in [2.05, 4.69) is 10.6 Å². The molecule has 0 aromatic heterocycles. The Labute approximate surface area is 165 Å². The molecule has 0 heterocycles. The fourth-order valence-corrected chi connectivity index (χ4v) is 3.36. The third-order valence-electron chi connectivity index (χ3n) is 5.05. The van der Waals surface area contributed by atoms with Crippen molar-refractivity contribution in [3.8, 4) is 11.5 Å². The first kappa shape index (κ1) is 21.4. The summed E-state index contributed by atoms with van der Waals surface area (Å²) in [5.74, 6) is 0.116. The zero-order chi connectivity index (χ0) is 20.0. The summed E-state index contributed by atoms with van der Waals surface area (Å²) in [7, 11) is 2.97. The molecule has 2 N–H and O–H groups in total. The van der Waals surface area contributed by atoms with Crippen LogP contribution in [0.3, 0.4) is 0 Å². The summed E-state index contributed by atoms with van der Waals surface area (Å²) in [6.07, 6.45) is 6.55. The molecule has 0 unspecified atom stereocenters. The Hall–Kier alpha value is -1.95. The number of methoxy groups -OCH3 is 2. The summed E-state index contributed by atoms with van der Waals surface area (Å²) in [4.78, 5) is 25.6. The number of nitrogens with one attached hydrogen (secondary N) is 2. The van der Waals surface area contributed by atoms with Gasteiger partial charge in [0.05, 0.1) is 24.9 Å². The van der Waals surface area contributed by atoms with Gasteiger partial charge >= 0.3 is 0 Å². The molecule has 0 radical (unpaired) electrons. The maximum Gasteiger partial charge on any atom is 0.239 e. The lowest BCUT2D eigenvalue weighted by molar-refractivity contribution is -0.138. The number of anilines is 1. The van der Waals surface area contributed by atoms with Gasteiger partial charge < -0.3 is 20.1 Å². The van der Waals surface area contributed by atoms with Gasteiger partial charge in [0.25, 0.3) is 0 Å². The Kier molecular flexibility index (Phi) is 7.36. The van der Waals surface area contributed by atoms with Gasteiger partial charge in [-0.1, -0.05) is 37.3 Å². The summed E-state index contributed by atoms with van der Waals surface area (Å²) < 4.78 is 10.5. The van der Waals surface area contributed by atoms with Gasteiger partial charge in [-0.15, -0.1) is 0 Å². The van der Waals surface area contributed by atoms with Crippen LogP contribution in [0.1, 0.15) is 52.4 Å². The van der Waals surface area contributed by atoms with E-state index in [1.807, 2.05) is 0 Å². The molecular weight excluding hydrogens is 368 g/mol. The van der Waals surface area contributed by atoms with Crippen LogP contribution in [-0.4, -0.2) is 32.1 Å². The molecule has 0 saturated heterocycles. The monoisotopic (exact) mass is 396 g/mol. The maximum atomic E-state index is 12.8. The largest absolute Gasteiger partial charge is 0.495 e. The van der Waals surface area contributed by atoms with E-state index in [9.17, 15) is 9.59 Å². The first-order chi connectivity index (χ1) is 12.8. The van der Waals surface area contributed by atoms with E-state index in [0.29, 0.717) is 22.2 Å². The maximum absolute atomic E-state index is 12.8. The average molecular weight is 397 g/mol. The van der Waals surface area contributed by atoms with Crippen molar-refractivity contribution in [3.05, 3.63) is 17.2 Å². The first-order valence-corrected chi connectivity index (χ1v) is 9.71. The van der Waals surface area contributed by atoms with Crippen LogP contribution in [-0.2, 0) is 9.59 Å². The Balaban J connectivity index is 2.12. The molecule has 27 heavy (non-hydrogen) atoms. The molecule has 150 valence electrons. The summed E-state index contributed by atoms with van der Waals surface area (Å²) in [6.45, 7) is 3.24. The van der Waals surface area contributed by atoms with Gasteiger partial charge in [-0.2, -0.15) is 0 Å². The van der Waals surface area contributed by atoms with Crippen LogP contribution >= 0.6 is 11.6 Å². The number of ether oxygens (including phenoxy) is 2. The molecular formula is C20H29ClN2O4. The highest BCUT2D eigenvalue weighted by Crippen LogP contribution is 2.36. The lowest BCUT2D eigenvalue weighted by Gasteiger charge is -2.26. The van der Waals surface area contributed by atoms with E-state index in [1.165, 1.54) is 27.1 Å². The molecule has 1 aliphatic carbocycles. The highest BCUT2D eigenvalue weighted by Gasteiger charge is 2.37. The van der Waals surface area contributed by atoms with Crippen LogP contribution < -0.4 is 20.1 Å². The van der Waals surface area contributed by atoms with E-state index in [4.69, 9.17) is 21.1 Å². The Morgan fingerprint density at radius 3 is 2.15 bits per heavy atom. The van der Waals surface area contributed by atoms with Gasteiger partial charge in [0.1, 0.15) is 16.9 Å². The Bertz CT molecular complexity index is 683. The molecule has 0 bridgehead atoms. The minimum atomic E-state index is -1.23. The minimum Gasteiger partial charge on any atom is -0.495 e. The van der Waals surface area contributed by atoms with Crippen molar-refractivity contribution in [2.45, 2.75) is 58.4 Å². The first-order valence-electron chi connectivity index (χ1n) is 9.33. The van der Waals surface area contributed by atoms with Gasteiger partial charge in [0.2, 0.25) is 11.8 Å². The summed E-state index contributed by atoms with van der Waals surface area (Å²) >= 11 is 6.10. The van der Waals surface area contributed by atoms with Crippen molar-refractivity contribution in [2.24, 2.45) is 5.41 Å². The van der Waals surface area contributed by atoms with E-state index >= 15 is 0 Å². The van der Waals surface area contributed by atoms with Gasteiger partial charge in [-0.25, -0.2) is 0 Å². The third kappa shape index (κ3) is 5.28. The number of carbonyl (C=O) groups is 2. The zero-order valence-electron chi connectivity index (χ0n) is 16.5. The van der Waals surface area contributed by atoms with Crippen LogP contribution in [0.15, 0.2) is 12.1 Å². The van der Waals surface area contributed by atoms with Crippen LogP contribution in [0, 0.1) is 5.41 Å². The van der Waals surface area contributed by atoms with Gasteiger partial charge in [0.15, 0.2) is 0 Å². The highest BCUT2D eigenvalue weighted by atomic mass is 35.5. The van der Waals surface area contributed by atoms with Crippen LogP contribution in [0.2, 0.25) is 5.02 Å². The van der Waals surface area contributed by atoms with Crippen molar-refractivity contribution >= 4 is 29.1 Å². The topological polar surface area (TPSA) is 76.7 Å². The highest BCUT2D eigenvalue weighted by molar-refractivity contribution is 6.32. The third-order valence-corrected chi connectivity index (χ3v) is 5.34. The number of halogens is 1. The molecule has 1 aliphatic rings. The SMILES string of the molecule is COc1cc(NC(=O)C(C)(C)C(=O)NC2CCCCCC2)c(OC)cc1Cl. The predicted molar refractivity (Wildman–Crippen MR) is 107 cm³/mol. The fraction of sp³-hybridized carbons (Fsp3) is 0.600. The minimum absolute atomic E-state index is 0.136. The summed E-state index contributed by atoms with van der Waals surface area (Å²) in [6, 6.07) is 3.28. The van der Waals surface area contributed by atoms with E-state index in [1.54, 1.807) is 26.0 Å². The molecule has 1 saturated carbocycles. The van der Waals surface area contributed by atoms with E-state index in [0.717, 1.165) is 25.7 Å². The molecule has 1 aromatic carbocycles. The zero-order valence-corrected chi connectivity index (χ0v) is 17.2. The smallest absolute Gasteiger partial charge is 0.239 e. The second-order valence-electron chi connectivity index (χ2n) is 7.43. The van der Waals surface area contributed by atoms with Crippen molar-refractivity contribution in [3.63, 3.8) is 0 Å². The lowest BCUT2D eigenvalue weighted by Crippen LogP contribution is -2.48. The predicted octanol–water partition coefficient (Wildman–Crippen LogP) is 4.16. The molecule has 6 nitrogen and oxygen atoms in total. The van der Waals surface area contributed by atoms with Crippen LogP contribution in [0.4, 0.5) is 5.69 Å². The quantitative estimate of drug-likeness (QED) is 0.559. The molecule has 0 atom stereocenters. The molecule has 1 aromatic rings. The van der Waals surface area contributed by atoms with Crippen molar-refractivity contribution in [1.29, 1.82) is 0 Å². The number of hydrogen-bond donors (Lipinski definition) is 2. The molecule has 2 amide bonds. The van der Waals surface area contributed by atoms with Crippen molar-refractivity contribution < 1.29 is 19.1 Å². The van der Waals surface area contributed by atoms with Crippen LogP contribution in [0.5, 0.6) is 11.5 Å². The number of amides is 2. The lowest BCUT2D eigenvalue weighted by atomic mass is 9.90. The number of rotatable bonds is 6. The van der Waals surface area contributed by atoms with Gasteiger partial charge in [0, 0.05) is 18.2 Å². The Morgan fingerprint density at radius 2 is 1.59 bits per heavy atom. The second-order valence-corrected chi connectivity index (χ2v) is 7.84. The number of benzene rings is 1. The van der Waals surface area contributed by atoms with Gasteiger partial charge in [-0.05, 0) is 26.7 Å². The number of hydrogen-bond acceptors (Lipinski definition) is 4. The average Bonchev–Trinajstić information content (AvgIpc) is 2.91. The van der Waals surface area contributed by atoms with Gasteiger partial charge in [-0.3, -0.25) is 9.59 Å². The molecule has 0 aliphatic heterocycles. The fourth-order valence-electron chi connectivity index (χ4n) is 3.13. The normalized spacial score (nSPS) is 15.6.